The lowest BCUT2D eigenvalue weighted by Crippen LogP contribution is -2.30. The van der Waals surface area contributed by atoms with Gasteiger partial charge in [0, 0.05) is 0 Å². The van der Waals surface area contributed by atoms with Gasteiger partial charge in [0.05, 0.1) is 0 Å². The third-order valence-corrected chi connectivity index (χ3v) is 10.7. The van der Waals surface area contributed by atoms with Gasteiger partial charge < -0.3 is 9.47 Å². The number of hydrogen-bond donors (Lipinski definition) is 0. The van der Waals surface area contributed by atoms with Crippen LogP contribution in [0.25, 0.3) is 0 Å². The zero-order chi connectivity index (χ0) is 32.3. The van der Waals surface area contributed by atoms with Crippen molar-refractivity contribution in [2.24, 2.45) is 16.1 Å². The molecule has 0 atom stereocenters. The van der Waals surface area contributed by atoms with Crippen molar-refractivity contribution in [3.63, 3.8) is 0 Å². The molecular weight excluding hydrogens is 579 g/mol. The lowest BCUT2D eigenvalue weighted by Gasteiger charge is -2.30. The van der Waals surface area contributed by atoms with Crippen molar-refractivity contribution in [1.82, 2.24) is 0 Å². The van der Waals surface area contributed by atoms with Crippen molar-refractivity contribution < 1.29 is 19.1 Å². The lowest BCUT2D eigenvalue weighted by molar-refractivity contribution is 0.0219. The Labute approximate surface area is 270 Å². The summed E-state index contributed by atoms with van der Waals surface area (Å²) in [6.45, 7) is 9.01. The molecule has 3 aromatic rings. The van der Waals surface area contributed by atoms with Gasteiger partial charge in [-0.25, -0.2) is 9.59 Å². The summed E-state index contributed by atoms with van der Waals surface area (Å²) in [5.41, 5.74) is 0.0670. The molecule has 0 saturated heterocycles. The average Bonchev–Trinajstić information content (AvgIpc) is 3.00. The van der Waals surface area contributed by atoms with E-state index in [0.717, 1.165) is 32.1 Å². The van der Waals surface area contributed by atoms with Gasteiger partial charge in [-0.05, 0) is 95.1 Å². The molecule has 1 saturated carbocycles. The summed E-state index contributed by atoms with van der Waals surface area (Å²) < 4.78 is 10.7. The molecule has 3 aromatic carbocycles. The second kappa shape index (κ2) is 16.3. The first-order valence-electron chi connectivity index (χ1n) is 16.4. The number of carbonyl (C=O) groups excluding carboxylic acids is 2. The Balaban J connectivity index is 1.31. The Morgan fingerprint density at radius 3 is 1.58 bits per heavy atom. The molecule has 7 heteroatoms. The summed E-state index contributed by atoms with van der Waals surface area (Å²) in [5, 5.41) is 10.9. The molecule has 1 aliphatic rings. The minimum absolute atomic E-state index is 0.474. The van der Waals surface area contributed by atoms with E-state index in [1.807, 2.05) is 13.8 Å². The number of amides is 2. The number of hydrogen-bond acceptors (Lipinski definition) is 4. The third-order valence-electron chi connectivity index (χ3n) is 8.23. The van der Waals surface area contributed by atoms with Crippen molar-refractivity contribution >= 4 is 36.0 Å². The predicted molar refractivity (Wildman–Crippen MR) is 185 cm³/mol. The molecule has 0 spiro atoms. The molecule has 240 valence electrons. The van der Waals surface area contributed by atoms with Gasteiger partial charge in [-0.2, -0.15) is 0 Å². The molecule has 0 aromatic heterocycles. The standard InChI is InChI=1S/C38H49N2O4P/c1-37(2,3)43-35(41)39-40-36(42)44-38(4,5)28-29-16-12-14-18-30(19-15-13-17-29)31-24-26-34(27-25-31)45(32-20-8-6-9-21-32)33-22-10-7-11-23-33/h6-11,20-27,29-30H,12-19,28H2,1-5H3. The summed E-state index contributed by atoms with van der Waals surface area (Å²) in [4.78, 5) is 24.0. The fraction of sp³-hybridized carbons (Fsp3) is 0.474. The fourth-order valence-corrected chi connectivity index (χ4v) is 8.61. The second-order valence-corrected chi connectivity index (χ2v) is 16.0. The molecule has 6 nitrogen and oxygen atoms in total. The van der Waals surface area contributed by atoms with Crippen LogP contribution >= 0.6 is 7.92 Å². The highest BCUT2D eigenvalue weighted by Gasteiger charge is 2.28. The van der Waals surface area contributed by atoms with Crippen LogP contribution in [0.4, 0.5) is 9.59 Å². The molecule has 2 amide bonds. The van der Waals surface area contributed by atoms with Crippen LogP contribution in [0.3, 0.4) is 0 Å². The quantitative estimate of drug-likeness (QED) is 0.193. The Morgan fingerprint density at radius 1 is 0.644 bits per heavy atom. The van der Waals surface area contributed by atoms with Crippen LogP contribution in [-0.4, -0.2) is 23.4 Å². The lowest BCUT2D eigenvalue weighted by atomic mass is 9.81. The number of benzene rings is 3. The molecule has 0 unspecified atom stereocenters. The monoisotopic (exact) mass is 628 g/mol. The topological polar surface area (TPSA) is 77.3 Å². The first-order chi connectivity index (χ1) is 21.5. The highest BCUT2D eigenvalue weighted by atomic mass is 31.1. The Hall–Kier alpha value is -3.37. The van der Waals surface area contributed by atoms with Crippen molar-refractivity contribution in [2.45, 2.75) is 110 Å². The first-order valence-corrected chi connectivity index (χ1v) is 17.7. The third kappa shape index (κ3) is 11.5. The highest BCUT2D eigenvalue weighted by Crippen LogP contribution is 2.36. The van der Waals surface area contributed by atoms with E-state index < -0.39 is 31.3 Å². The Morgan fingerprint density at radius 2 is 1.09 bits per heavy atom. The van der Waals surface area contributed by atoms with Gasteiger partial charge >= 0.3 is 12.2 Å². The van der Waals surface area contributed by atoms with Crippen molar-refractivity contribution in [3.05, 3.63) is 90.5 Å². The maximum absolute atomic E-state index is 12.3. The molecule has 0 bridgehead atoms. The van der Waals surface area contributed by atoms with Gasteiger partial charge in [-0.3, -0.25) is 0 Å². The van der Waals surface area contributed by atoms with Crippen molar-refractivity contribution in [3.8, 4) is 0 Å². The summed E-state index contributed by atoms with van der Waals surface area (Å²) in [6, 6.07) is 31.3. The van der Waals surface area contributed by atoms with Gasteiger partial charge in [0.15, 0.2) is 0 Å². The van der Waals surface area contributed by atoms with E-state index in [9.17, 15) is 9.59 Å². The summed E-state index contributed by atoms with van der Waals surface area (Å²) in [7, 11) is -0.589. The Kier molecular flexibility index (Phi) is 12.5. The average molecular weight is 629 g/mol. The Bertz CT molecular complexity index is 1330. The maximum atomic E-state index is 12.3. The smallest absolute Gasteiger partial charge is 0.441 e. The van der Waals surface area contributed by atoms with Crippen LogP contribution in [0.5, 0.6) is 0 Å². The molecule has 45 heavy (non-hydrogen) atoms. The van der Waals surface area contributed by atoms with Gasteiger partial charge in [0.25, 0.3) is 0 Å². The van der Waals surface area contributed by atoms with Crippen LogP contribution in [0.15, 0.2) is 95.2 Å². The summed E-state index contributed by atoms with van der Waals surface area (Å²) >= 11 is 0. The fourth-order valence-electron chi connectivity index (χ4n) is 6.33. The molecule has 1 aliphatic carbocycles. The van der Waals surface area contributed by atoms with E-state index in [4.69, 9.17) is 9.47 Å². The zero-order valence-corrected chi connectivity index (χ0v) is 28.5. The molecule has 4 rings (SSSR count). The first kappa shape index (κ1) is 34.5. The highest BCUT2D eigenvalue weighted by molar-refractivity contribution is 7.79. The van der Waals surface area contributed by atoms with Crippen LogP contribution < -0.4 is 15.9 Å². The van der Waals surface area contributed by atoms with Crippen LogP contribution in [0.2, 0.25) is 0 Å². The number of ether oxygens (including phenoxy) is 2. The van der Waals surface area contributed by atoms with Crippen LogP contribution in [0, 0.1) is 5.92 Å². The second-order valence-electron chi connectivity index (χ2n) is 13.7. The van der Waals surface area contributed by atoms with E-state index in [1.54, 1.807) is 20.8 Å². The molecule has 0 aliphatic heterocycles. The van der Waals surface area contributed by atoms with Gasteiger partial charge in [-0.1, -0.05) is 134 Å². The van der Waals surface area contributed by atoms with E-state index >= 15 is 0 Å². The van der Waals surface area contributed by atoms with Gasteiger partial charge in [0.2, 0.25) is 0 Å². The van der Waals surface area contributed by atoms with E-state index in [0.29, 0.717) is 11.8 Å². The number of azo groups is 1. The van der Waals surface area contributed by atoms with Crippen molar-refractivity contribution in [2.75, 3.05) is 0 Å². The zero-order valence-electron chi connectivity index (χ0n) is 27.6. The van der Waals surface area contributed by atoms with Crippen LogP contribution in [0.1, 0.15) is 104 Å². The minimum atomic E-state index is -0.900. The normalized spacial score (nSPS) is 18.4. The van der Waals surface area contributed by atoms with Gasteiger partial charge in [0.1, 0.15) is 11.2 Å². The molecule has 0 N–H and O–H groups in total. The van der Waals surface area contributed by atoms with E-state index in [1.165, 1.54) is 47.2 Å². The molecule has 0 radical (unpaired) electrons. The largest absolute Gasteiger partial charge is 0.453 e. The summed E-state index contributed by atoms with van der Waals surface area (Å²) in [6.07, 6.45) is 8.32. The van der Waals surface area contributed by atoms with Crippen LogP contribution in [-0.2, 0) is 9.47 Å². The van der Waals surface area contributed by atoms with Gasteiger partial charge in [-0.15, -0.1) is 0 Å². The van der Waals surface area contributed by atoms with Crippen molar-refractivity contribution in [1.29, 1.82) is 0 Å². The number of carbonyl (C=O) groups is 2. The molecule has 1 fully saturated rings. The van der Waals surface area contributed by atoms with E-state index in [2.05, 4.69) is 95.2 Å². The maximum Gasteiger partial charge on any atom is 0.453 e. The summed E-state index contributed by atoms with van der Waals surface area (Å²) in [5.74, 6) is 1.06. The minimum Gasteiger partial charge on any atom is -0.441 e. The number of rotatable bonds is 7. The van der Waals surface area contributed by atoms with E-state index in [-0.39, 0.29) is 0 Å². The predicted octanol–water partition coefficient (Wildman–Crippen LogP) is 9.97. The molecular formula is C38H49N2O4P. The molecule has 0 heterocycles. The SMILES string of the molecule is CC(C)(C)OC(=O)N=NC(=O)OC(C)(C)CC1CCCCC(c2ccc(P(c3ccccc3)c3ccccc3)cc2)CCCC1. The number of nitrogens with zero attached hydrogens (tertiary/aromatic N) is 2.